The summed E-state index contributed by atoms with van der Waals surface area (Å²) in [6, 6.07) is 2.20. The van der Waals surface area contributed by atoms with E-state index < -0.39 is 0 Å². The molecule has 1 aromatic carbocycles. The zero-order chi connectivity index (χ0) is 11.5. The van der Waals surface area contributed by atoms with Crippen molar-refractivity contribution >= 4 is 0 Å². The second-order valence-electron chi connectivity index (χ2n) is 4.97. The highest BCUT2D eigenvalue weighted by molar-refractivity contribution is 5.50. The van der Waals surface area contributed by atoms with Gasteiger partial charge in [0.15, 0.2) is 0 Å². The van der Waals surface area contributed by atoms with Crippen LogP contribution in [0.2, 0.25) is 0 Å². The summed E-state index contributed by atoms with van der Waals surface area (Å²) >= 11 is 0. The highest BCUT2D eigenvalue weighted by Crippen LogP contribution is 2.35. The Morgan fingerprint density at radius 1 is 1.19 bits per heavy atom. The number of rotatable bonds is 3. The van der Waals surface area contributed by atoms with Crippen LogP contribution in [0.5, 0.6) is 5.75 Å². The lowest BCUT2D eigenvalue weighted by Crippen LogP contribution is -2.07. The quantitative estimate of drug-likeness (QED) is 0.815. The first kappa shape index (κ1) is 11.5. The van der Waals surface area contributed by atoms with E-state index in [-0.39, 0.29) is 0 Å². The molecule has 0 spiro atoms. The molecule has 88 valence electrons. The molecule has 0 aliphatic heterocycles. The number of hydrogen-bond acceptors (Lipinski definition) is 1. The van der Waals surface area contributed by atoms with E-state index in [0.717, 1.165) is 19.3 Å². The molecule has 1 aliphatic carbocycles. The molecule has 0 saturated heterocycles. The second-order valence-corrected chi connectivity index (χ2v) is 4.97. The van der Waals surface area contributed by atoms with E-state index in [9.17, 15) is 5.11 Å². The third-order valence-electron chi connectivity index (χ3n) is 3.72. The summed E-state index contributed by atoms with van der Waals surface area (Å²) in [6.45, 7) is 4.39. The molecule has 2 rings (SSSR count). The van der Waals surface area contributed by atoms with E-state index in [4.69, 9.17) is 0 Å². The van der Waals surface area contributed by atoms with E-state index in [0.29, 0.717) is 5.75 Å². The average molecular weight is 218 g/mol. The van der Waals surface area contributed by atoms with Crippen LogP contribution in [-0.4, -0.2) is 5.11 Å². The number of aromatic hydroxyl groups is 1. The third kappa shape index (κ3) is 2.09. The fourth-order valence-electron chi connectivity index (χ4n) is 2.77. The van der Waals surface area contributed by atoms with Gasteiger partial charge in [-0.25, -0.2) is 0 Å². The Labute approximate surface area is 98.5 Å². The summed E-state index contributed by atoms with van der Waals surface area (Å²) in [6.07, 6.45) is 8.13. The number of fused-ring (bicyclic) bond motifs is 1. The van der Waals surface area contributed by atoms with Crippen molar-refractivity contribution in [1.82, 2.24) is 0 Å². The van der Waals surface area contributed by atoms with Crippen molar-refractivity contribution in [3.8, 4) is 5.75 Å². The second kappa shape index (κ2) is 4.90. The van der Waals surface area contributed by atoms with Gasteiger partial charge in [-0.3, -0.25) is 0 Å². The minimum Gasteiger partial charge on any atom is -0.507 e. The van der Waals surface area contributed by atoms with Crippen LogP contribution in [0, 0.1) is 6.92 Å². The van der Waals surface area contributed by atoms with Gasteiger partial charge in [-0.1, -0.05) is 19.4 Å². The summed E-state index contributed by atoms with van der Waals surface area (Å²) in [5.74, 6) is 0.605. The number of aryl methyl sites for hydroxylation is 2. The first-order chi connectivity index (χ1) is 7.74. The molecule has 0 bridgehead atoms. The fraction of sp³-hybridized carbons (Fsp3) is 0.600. The van der Waals surface area contributed by atoms with Crippen molar-refractivity contribution in [2.45, 2.75) is 58.8 Å². The Morgan fingerprint density at radius 2 is 1.88 bits per heavy atom. The van der Waals surface area contributed by atoms with E-state index in [2.05, 4.69) is 19.9 Å². The molecule has 0 heterocycles. The van der Waals surface area contributed by atoms with Gasteiger partial charge in [-0.15, -0.1) is 0 Å². The van der Waals surface area contributed by atoms with E-state index >= 15 is 0 Å². The minimum atomic E-state index is 0.605. The fourth-order valence-corrected chi connectivity index (χ4v) is 2.77. The molecule has 0 unspecified atom stereocenters. The number of phenolic OH excluding ortho intramolecular Hbond substituents is 1. The minimum absolute atomic E-state index is 0.605. The number of unbranched alkanes of at least 4 members (excludes halogenated alkanes) is 1. The molecule has 1 aromatic rings. The molecular weight excluding hydrogens is 196 g/mol. The van der Waals surface area contributed by atoms with Crippen molar-refractivity contribution in [2.24, 2.45) is 0 Å². The van der Waals surface area contributed by atoms with Crippen molar-refractivity contribution in [2.75, 3.05) is 0 Å². The van der Waals surface area contributed by atoms with Crippen LogP contribution in [0.15, 0.2) is 6.07 Å². The van der Waals surface area contributed by atoms with Crippen LogP contribution in [0.3, 0.4) is 0 Å². The molecule has 0 fully saturated rings. The Balaban J connectivity index is 2.37. The smallest absolute Gasteiger partial charge is 0.122 e. The summed E-state index contributed by atoms with van der Waals surface area (Å²) in [4.78, 5) is 0. The van der Waals surface area contributed by atoms with Crippen LogP contribution >= 0.6 is 0 Å². The molecule has 0 radical (unpaired) electrons. The van der Waals surface area contributed by atoms with E-state index in [1.54, 1.807) is 0 Å². The van der Waals surface area contributed by atoms with Gasteiger partial charge in [0.05, 0.1) is 0 Å². The molecule has 0 saturated carbocycles. The maximum absolute atomic E-state index is 10.3. The predicted octanol–water partition coefficient (Wildman–Crippen LogP) is 3.92. The van der Waals surface area contributed by atoms with Gasteiger partial charge >= 0.3 is 0 Å². The van der Waals surface area contributed by atoms with Gasteiger partial charge in [0.25, 0.3) is 0 Å². The topological polar surface area (TPSA) is 20.2 Å². The van der Waals surface area contributed by atoms with E-state index in [1.165, 1.54) is 47.9 Å². The summed E-state index contributed by atoms with van der Waals surface area (Å²) < 4.78 is 0. The molecule has 1 aliphatic rings. The molecule has 0 atom stereocenters. The zero-order valence-electron chi connectivity index (χ0n) is 10.5. The largest absolute Gasteiger partial charge is 0.507 e. The Morgan fingerprint density at radius 3 is 2.56 bits per heavy atom. The molecule has 1 nitrogen and oxygen atoms in total. The lowest BCUT2D eigenvalue weighted by atomic mass is 9.85. The first-order valence-corrected chi connectivity index (χ1v) is 6.57. The van der Waals surface area contributed by atoms with Crippen molar-refractivity contribution in [3.63, 3.8) is 0 Å². The molecule has 0 aromatic heterocycles. The highest BCUT2D eigenvalue weighted by atomic mass is 16.3. The monoisotopic (exact) mass is 218 g/mol. The number of phenols is 1. The normalized spacial score (nSPS) is 14.9. The number of benzene rings is 1. The van der Waals surface area contributed by atoms with Gasteiger partial charge in [0, 0.05) is 0 Å². The maximum atomic E-state index is 10.3. The first-order valence-electron chi connectivity index (χ1n) is 6.57. The SMILES string of the molecule is CCCCc1cc(C)c2c(c1O)CCCC2. The van der Waals surface area contributed by atoms with Gasteiger partial charge < -0.3 is 5.11 Å². The molecule has 1 N–H and O–H groups in total. The zero-order valence-corrected chi connectivity index (χ0v) is 10.5. The number of hydrogen-bond donors (Lipinski definition) is 1. The maximum Gasteiger partial charge on any atom is 0.122 e. The van der Waals surface area contributed by atoms with Gasteiger partial charge in [0.1, 0.15) is 5.75 Å². The van der Waals surface area contributed by atoms with Crippen LogP contribution in [0.1, 0.15) is 54.9 Å². The van der Waals surface area contributed by atoms with Crippen molar-refractivity contribution < 1.29 is 5.11 Å². The predicted molar refractivity (Wildman–Crippen MR) is 68.1 cm³/mol. The Hall–Kier alpha value is -0.980. The lowest BCUT2D eigenvalue weighted by molar-refractivity contribution is 0.453. The Bertz CT molecular complexity index is 380. The van der Waals surface area contributed by atoms with Crippen LogP contribution in [0.25, 0.3) is 0 Å². The molecule has 16 heavy (non-hydrogen) atoms. The Kier molecular flexibility index (Phi) is 3.52. The van der Waals surface area contributed by atoms with Crippen LogP contribution in [-0.2, 0) is 19.3 Å². The summed E-state index contributed by atoms with van der Waals surface area (Å²) in [7, 11) is 0. The molecule has 0 amide bonds. The average Bonchev–Trinajstić information content (AvgIpc) is 2.32. The van der Waals surface area contributed by atoms with Crippen LogP contribution < -0.4 is 0 Å². The van der Waals surface area contributed by atoms with Crippen molar-refractivity contribution in [3.05, 3.63) is 28.3 Å². The van der Waals surface area contributed by atoms with Crippen LogP contribution in [0.4, 0.5) is 0 Å². The standard InChI is InChI=1S/C15H22O/c1-3-4-7-12-10-11(2)13-8-5-6-9-14(13)15(12)16/h10,16H,3-9H2,1-2H3. The summed E-state index contributed by atoms with van der Waals surface area (Å²) in [5.41, 5.74) is 5.22. The van der Waals surface area contributed by atoms with Gasteiger partial charge in [0.2, 0.25) is 0 Å². The molecular formula is C15H22O. The third-order valence-corrected chi connectivity index (χ3v) is 3.72. The highest BCUT2D eigenvalue weighted by Gasteiger charge is 2.18. The van der Waals surface area contributed by atoms with Gasteiger partial charge in [-0.2, -0.15) is 0 Å². The van der Waals surface area contributed by atoms with Crippen molar-refractivity contribution in [1.29, 1.82) is 0 Å². The van der Waals surface area contributed by atoms with E-state index in [1.807, 2.05) is 0 Å². The van der Waals surface area contributed by atoms with Gasteiger partial charge in [-0.05, 0) is 67.7 Å². The molecule has 1 heteroatoms. The summed E-state index contributed by atoms with van der Waals surface area (Å²) in [5, 5.41) is 10.3. The lowest BCUT2D eigenvalue weighted by Gasteiger charge is -2.21.